The molecule has 110 valence electrons. The standard InChI is InChI=1S/C18H16N2OS/c19-12-15-14-8-4-5-9-17(14)22-18(15)20-11-10-16(21)13-6-2-1-3-7-13/h1-3,6-7,10-11,20H,4-5,8-9H2/b11-10+. The molecular formula is C18H16N2OS. The van der Waals surface area contributed by atoms with Crippen LogP contribution in [0.15, 0.2) is 42.6 Å². The topological polar surface area (TPSA) is 52.9 Å². The van der Waals surface area contributed by atoms with E-state index >= 15 is 0 Å². The number of carbonyl (C=O) groups excluding carboxylic acids is 1. The summed E-state index contributed by atoms with van der Waals surface area (Å²) in [6.07, 6.45) is 7.54. The molecule has 4 heteroatoms. The summed E-state index contributed by atoms with van der Waals surface area (Å²) in [5.41, 5.74) is 2.60. The van der Waals surface area contributed by atoms with Crippen molar-refractivity contribution in [2.24, 2.45) is 0 Å². The maximum absolute atomic E-state index is 12.0. The van der Waals surface area contributed by atoms with Crippen LogP contribution < -0.4 is 5.32 Å². The summed E-state index contributed by atoms with van der Waals surface area (Å²) in [5.74, 6) is -0.0482. The monoisotopic (exact) mass is 308 g/mol. The van der Waals surface area contributed by atoms with Crippen molar-refractivity contribution in [3.05, 3.63) is 64.2 Å². The molecule has 0 unspecified atom stereocenters. The molecule has 1 N–H and O–H groups in total. The minimum absolute atomic E-state index is 0.0482. The number of allylic oxidation sites excluding steroid dienone is 1. The van der Waals surface area contributed by atoms with Gasteiger partial charge in [0, 0.05) is 22.7 Å². The lowest BCUT2D eigenvalue weighted by atomic mass is 9.96. The Balaban J connectivity index is 1.74. The van der Waals surface area contributed by atoms with Gasteiger partial charge in [-0.15, -0.1) is 11.3 Å². The lowest BCUT2D eigenvalue weighted by molar-refractivity contribution is 0.104. The number of nitriles is 1. The van der Waals surface area contributed by atoms with Crippen LogP contribution in [0.5, 0.6) is 0 Å². The second kappa shape index (κ2) is 6.59. The minimum atomic E-state index is -0.0482. The molecule has 0 spiro atoms. The van der Waals surface area contributed by atoms with E-state index in [-0.39, 0.29) is 5.78 Å². The fourth-order valence-corrected chi connectivity index (χ4v) is 3.90. The van der Waals surface area contributed by atoms with Gasteiger partial charge in [-0.2, -0.15) is 5.26 Å². The lowest BCUT2D eigenvalue weighted by Crippen LogP contribution is -2.00. The van der Waals surface area contributed by atoms with Gasteiger partial charge in [0.1, 0.15) is 11.1 Å². The average molecular weight is 308 g/mol. The Morgan fingerprint density at radius 3 is 2.77 bits per heavy atom. The largest absolute Gasteiger partial charge is 0.352 e. The van der Waals surface area contributed by atoms with E-state index in [2.05, 4.69) is 11.4 Å². The zero-order valence-corrected chi connectivity index (χ0v) is 13.0. The van der Waals surface area contributed by atoms with Crippen LogP contribution in [-0.4, -0.2) is 5.78 Å². The molecule has 1 aliphatic rings. The average Bonchev–Trinajstić information content (AvgIpc) is 2.93. The highest BCUT2D eigenvalue weighted by Crippen LogP contribution is 2.37. The van der Waals surface area contributed by atoms with Crippen LogP contribution in [0.4, 0.5) is 5.00 Å². The maximum Gasteiger partial charge on any atom is 0.187 e. The molecule has 1 aliphatic carbocycles. The third-order valence-corrected chi connectivity index (χ3v) is 5.01. The molecule has 0 saturated heterocycles. The van der Waals surface area contributed by atoms with Gasteiger partial charge in [0.15, 0.2) is 5.78 Å². The number of carbonyl (C=O) groups is 1. The molecule has 3 rings (SSSR count). The highest BCUT2D eigenvalue weighted by Gasteiger charge is 2.19. The molecule has 0 bridgehead atoms. The molecule has 0 amide bonds. The highest BCUT2D eigenvalue weighted by atomic mass is 32.1. The number of nitrogens with one attached hydrogen (secondary N) is 1. The number of rotatable bonds is 4. The quantitative estimate of drug-likeness (QED) is 0.676. The van der Waals surface area contributed by atoms with Gasteiger partial charge in [0.25, 0.3) is 0 Å². The first-order valence-electron chi connectivity index (χ1n) is 7.36. The SMILES string of the molecule is N#Cc1c(N/C=C/C(=O)c2ccccc2)sc2c1CCCC2. The Kier molecular flexibility index (Phi) is 4.36. The Hall–Kier alpha value is -2.38. The Morgan fingerprint density at radius 1 is 1.23 bits per heavy atom. The first kappa shape index (κ1) is 14.6. The molecule has 1 heterocycles. The van der Waals surface area contributed by atoms with Crippen LogP contribution in [0.25, 0.3) is 0 Å². The van der Waals surface area contributed by atoms with E-state index in [4.69, 9.17) is 0 Å². The van der Waals surface area contributed by atoms with E-state index in [1.807, 2.05) is 18.2 Å². The van der Waals surface area contributed by atoms with E-state index in [9.17, 15) is 10.1 Å². The van der Waals surface area contributed by atoms with Gasteiger partial charge < -0.3 is 5.32 Å². The molecule has 0 fully saturated rings. The predicted octanol–water partition coefficient (Wildman–Crippen LogP) is 4.31. The van der Waals surface area contributed by atoms with Crippen LogP contribution in [0.2, 0.25) is 0 Å². The van der Waals surface area contributed by atoms with E-state index in [1.165, 1.54) is 22.9 Å². The molecule has 3 nitrogen and oxygen atoms in total. The number of hydrogen-bond acceptors (Lipinski definition) is 4. The summed E-state index contributed by atoms with van der Waals surface area (Å²) < 4.78 is 0. The van der Waals surface area contributed by atoms with Crippen molar-refractivity contribution in [1.82, 2.24) is 0 Å². The third kappa shape index (κ3) is 2.95. The summed E-state index contributed by atoms with van der Waals surface area (Å²) in [4.78, 5) is 13.3. The van der Waals surface area contributed by atoms with Crippen LogP contribution in [0.1, 0.15) is 39.2 Å². The molecule has 1 aromatic heterocycles. The van der Waals surface area contributed by atoms with Crippen molar-refractivity contribution < 1.29 is 4.79 Å². The summed E-state index contributed by atoms with van der Waals surface area (Å²) in [6, 6.07) is 11.4. The van der Waals surface area contributed by atoms with Crippen molar-refractivity contribution in [2.45, 2.75) is 25.7 Å². The van der Waals surface area contributed by atoms with Gasteiger partial charge in [-0.3, -0.25) is 4.79 Å². The van der Waals surface area contributed by atoms with E-state index < -0.39 is 0 Å². The number of fused-ring (bicyclic) bond motifs is 1. The van der Waals surface area contributed by atoms with E-state index in [0.717, 1.165) is 29.8 Å². The van der Waals surface area contributed by atoms with Gasteiger partial charge >= 0.3 is 0 Å². The molecule has 0 aliphatic heterocycles. The first-order valence-corrected chi connectivity index (χ1v) is 8.18. The number of ketones is 1. The van der Waals surface area contributed by atoms with Crippen molar-refractivity contribution in [3.8, 4) is 6.07 Å². The van der Waals surface area contributed by atoms with E-state index in [1.54, 1.807) is 29.7 Å². The summed E-state index contributed by atoms with van der Waals surface area (Å²) >= 11 is 1.64. The second-order valence-corrected chi connectivity index (χ2v) is 6.34. The number of benzene rings is 1. The van der Waals surface area contributed by atoms with E-state index in [0.29, 0.717) is 5.56 Å². The maximum atomic E-state index is 12.0. The predicted molar refractivity (Wildman–Crippen MR) is 89.2 cm³/mol. The number of thiophene rings is 1. The number of anilines is 1. The molecular weight excluding hydrogens is 292 g/mol. The normalized spacial score (nSPS) is 13.6. The van der Waals surface area contributed by atoms with Gasteiger partial charge in [0.05, 0.1) is 5.56 Å². The molecule has 22 heavy (non-hydrogen) atoms. The molecule has 1 aromatic carbocycles. The van der Waals surface area contributed by atoms with Gasteiger partial charge in [-0.1, -0.05) is 30.3 Å². The lowest BCUT2D eigenvalue weighted by Gasteiger charge is -2.09. The van der Waals surface area contributed by atoms with Crippen LogP contribution in [-0.2, 0) is 12.8 Å². The molecule has 2 aromatic rings. The zero-order valence-electron chi connectivity index (χ0n) is 12.1. The summed E-state index contributed by atoms with van der Waals surface area (Å²) in [7, 11) is 0. The highest BCUT2D eigenvalue weighted by molar-refractivity contribution is 7.16. The number of aryl methyl sites for hydroxylation is 1. The Labute approximate surface area is 133 Å². The zero-order chi connectivity index (χ0) is 15.4. The van der Waals surface area contributed by atoms with Gasteiger partial charge in [-0.25, -0.2) is 0 Å². The van der Waals surface area contributed by atoms with Crippen molar-refractivity contribution in [3.63, 3.8) is 0 Å². The number of hydrogen-bond donors (Lipinski definition) is 1. The summed E-state index contributed by atoms with van der Waals surface area (Å²) in [6.45, 7) is 0. The molecule has 0 radical (unpaired) electrons. The van der Waals surface area contributed by atoms with Crippen LogP contribution >= 0.6 is 11.3 Å². The minimum Gasteiger partial charge on any atom is -0.352 e. The van der Waals surface area contributed by atoms with Crippen molar-refractivity contribution >= 4 is 22.1 Å². The Morgan fingerprint density at radius 2 is 2.00 bits per heavy atom. The van der Waals surface area contributed by atoms with Crippen LogP contribution in [0.3, 0.4) is 0 Å². The van der Waals surface area contributed by atoms with Crippen molar-refractivity contribution in [1.29, 1.82) is 5.26 Å². The fourth-order valence-electron chi connectivity index (χ4n) is 2.68. The van der Waals surface area contributed by atoms with Crippen LogP contribution in [0, 0.1) is 11.3 Å². The van der Waals surface area contributed by atoms with Gasteiger partial charge in [0.2, 0.25) is 0 Å². The Bertz CT molecular complexity index is 753. The third-order valence-electron chi connectivity index (χ3n) is 3.79. The molecule has 0 saturated carbocycles. The fraction of sp³-hybridized carbons (Fsp3) is 0.222. The van der Waals surface area contributed by atoms with Crippen molar-refractivity contribution in [2.75, 3.05) is 5.32 Å². The summed E-state index contributed by atoms with van der Waals surface area (Å²) in [5, 5.41) is 13.3. The second-order valence-electron chi connectivity index (χ2n) is 5.23. The number of nitrogens with zero attached hydrogens (tertiary/aromatic N) is 1. The molecule has 0 atom stereocenters. The smallest absolute Gasteiger partial charge is 0.187 e. The first-order chi connectivity index (χ1) is 10.8. The van der Waals surface area contributed by atoms with Gasteiger partial charge in [-0.05, 0) is 31.2 Å².